The summed E-state index contributed by atoms with van der Waals surface area (Å²) in [5.74, 6) is 0. The topological polar surface area (TPSA) is 12.9 Å². The van der Waals surface area contributed by atoms with Gasteiger partial charge in [0.05, 0.1) is 5.69 Å². The SMILES string of the molecule is CC.c1ccc(-c2c3ccccc3c(-c3ccc(-c4ccc5c6ccccc6c6ccccc6c5c4)cn3)c3ccccc23)cc1. The lowest BCUT2D eigenvalue weighted by atomic mass is 9.87. The largest absolute Gasteiger partial charge is 0.256 e. The predicted molar refractivity (Wildman–Crippen MR) is 199 cm³/mol. The van der Waals surface area contributed by atoms with Gasteiger partial charge in [0.1, 0.15) is 0 Å². The highest BCUT2D eigenvalue weighted by Crippen LogP contribution is 2.43. The average molecular weight is 588 g/mol. The summed E-state index contributed by atoms with van der Waals surface area (Å²) in [5.41, 5.74) is 6.95. The van der Waals surface area contributed by atoms with Crippen LogP contribution in [0.5, 0.6) is 0 Å². The van der Waals surface area contributed by atoms with Crippen LogP contribution in [-0.4, -0.2) is 4.98 Å². The van der Waals surface area contributed by atoms with Gasteiger partial charge in [0.15, 0.2) is 0 Å². The van der Waals surface area contributed by atoms with E-state index in [4.69, 9.17) is 4.98 Å². The number of benzene rings is 8. The lowest BCUT2D eigenvalue weighted by Crippen LogP contribution is -1.92. The second-order valence-corrected chi connectivity index (χ2v) is 11.5. The lowest BCUT2D eigenvalue weighted by molar-refractivity contribution is 1.34. The zero-order valence-electron chi connectivity index (χ0n) is 26.0. The number of rotatable bonds is 3. The van der Waals surface area contributed by atoms with Crippen molar-refractivity contribution in [3.05, 3.63) is 164 Å². The van der Waals surface area contributed by atoms with Crippen molar-refractivity contribution in [2.24, 2.45) is 0 Å². The van der Waals surface area contributed by atoms with Gasteiger partial charge >= 0.3 is 0 Å². The molecule has 0 aliphatic rings. The molecule has 1 heteroatoms. The summed E-state index contributed by atoms with van der Waals surface area (Å²) in [6, 6.07) is 56.9. The first-order valence-electron chi connectivity index (χ1n) is 16.1. The maximum absolute atomic E-state index is 5.12. The molecule has 0 radical (unpaired) electrons. The van der Waals surface area contributed by atoms with Crippen molar-refractivity contribution < 1.29 is 0 Å². The molecule has 9 rings (SSSR count). The number of pyridine rings is 1. The molecular weight excluding hydrogens is 555 g/mol. The number of hydrogen-bond donors (Lipinski definition) is 0. The van der Waals surface area contributed by atoms with Gasteiger partial charge in [-0.2, -0.15) is 0 Å². The summed E-state index contributed by atoms with van der Waals surface area (Å²) in [7, 11) is 0. The van der Waals surface area contributed by atoms with Crippen LogP contribution in [0, 0.1) is 0 Å². The second kappa shape index (κ2) is 11.6. The average Bonchev–Trinajstić information content (AvgIpc) is 3.15. The Hall–Kier alpha value is -5.79. The van der Waals surface area contributed by atoms with Crippen LogP contribution < -0.4 is 0 Å². The summed E-state index contributed by atoms with van der Waals surface area (Å²) >= 11 is 0. The van der Waals surface area contributed by atoms with Gasteiger partial charge in [-0.25, -0.2) is 0 Å². The molecule has 0 aliphatic heterocycles. The second-order valence-electron chi connectivity index (χ2n) is 11.5. The highest BCUT2D eigenvalue weighted by molar-refractivity contribution is 6.26. The molecule has 0 fully saturated rings. The standard InChI is InChI=1S/C43H27N.C2H6/c1-2-12-28(13-3-1)42-36-18-8-10-20-38(36)43(39-21-11-9-19-37(39)42)41-25-23-30(27-44-41)29-22-24-35-33-16-5-4-14-31(33)32-15-6-7-17-34(32)40(35)26-29;1-2/h1-27H;1-2H3. The Labute approximate surface area is 269 Å². The fourth-order valence-corrected chi connectivity index (χ4v) is 7.12. The Morgan fingerprint density at radius 1 is 0.304 bits per heavy atom. The third-order valence-electron chi connectivity index (χ3n) is 9.09. The summed E-state index contributed by atoms with van der Waals surface area (Å²) in [4.78, 5) is 5.12. The number of hydrogen-bond acceptors (Lipinski definition) is 1. The molecule has 9 aromatic rings. The fourth-order valence-electron chi connectivity index (χ4n) is 7.12. The molecule has 218 valence electrons. The Morgan fingerprint density at radius 2 is 0.717 bits per heavy atom. The molecule has 1 aromatic heterocycles. The molecule has 0 spiro atoms. The van der Waals surface area contributed by atoms with Crippen LogP contribution in [0.15, 0.2) is 164 Å². The maximum atomic E-state index is 5.12. The quantitative estimate of drug-likeness (QED) is 0.148. The molecule has 0 unspecified atom stereocenters. The van der Waals surface area contributed by atoms with E-state index in [9.17, 15) is 0 Å². The molecule has 0 aliphatic carbocycles. The van der Waals surface area contributed by atoms with E-state index in [0.29, 0.717) is 0 Å². The van der Waals surface area contributed by atoms with Gasteiger partial charge in [-0.05, 0) is 82.7 Å². The molecule has 8 aromatic carbocycles. The summed E-state index contributed by atoms with van der Waals surface area (Å²) in [6.45, 7) is 4.00. The van der Waals surface area contributed by atoms with Crippen molar-refractivity contribution in [1.29, 1.82) is 0 Å². The molecule has 0 saturated heterocycles. The number of fused-ring (bicyclic) bond motifs is 8. The smallest absolute Gasteiger partial charge is 0.0714 e. The Bertz CT molecular complexity index is 2430. The van der Waals surface area contributed by atoms with Crippen molar-refractivity contribution >= 4 is 53.9 Å². The molecule has 0 amide bonds. The van der Waals surface area contributed by atoms with Crippen molar-refractivity contribution in [3.63, 3.8) is 0 Å². The number of nitrogens with zero attached hydrogens (tertiary/aromatic N) is 1. The zero-order chi connectivity index (χ0) is 31.0. The minimum Gasteiger partial charge on any atom is -0.256 e. The van der Waals surface area contributed by atoms with E-state index in [2.05, 4.69) is 158 Å². The van der Waals surface area contributed by atoms with E-state index in [0.717, 1.165) is 11.3 Å². The van der Waals surface area contributed by atoms with Crippen LogP contribution in [0.4, 0.5) is 0 Å². The van der Waals surface area contributed by atoms with Gasteiger partial charge in [-0.15, -0.1) is 0 Å². The highest BCUT2D eigenvalue weighted by Gasteiger charge is 2.17. The molecular formula is C45H33N. The minimum absolute atomic E-state index is 0.984. The molecule has 1 nitrogen and oxygen atoms in total. The first-order valence-corrected chi connectivity index (χ1v) is 16.1. The molecule has 0 saturated carbocycles. The Balaban J connectivity index is 0.00000153. The molecule has 0 N–H and O–H groups in total. The third kappa shape index (κ3) is 4.44. The van der Waals surface area contributed by atoms with Gasteiger partial charge in [0.2, 0.25) is 0 Å². The van der Waals surface area contributed by atoms with Crippen LogP contribution in [-0.2, 0) is 0 Å². The highest BCUT2D eigenvalue weighted by atomic mass is 14.7. The van der Waals surface area contributed by atoms with E-state index < -0.39 is 0 Å². The van der Waals surface area contributed by atoms with E-state index in [1.807, 2.05) is 20.0 Å². The third-order valence-corrected chi connectivity index (χ3v) is 9.09. The van der Waals surface area contributed by atoms with E-state index in [1.54, 1.807) is 0 Å². The summed E-state index contributed by atoms with van der Waals surface area (Å²) < 4.78 is 0. The van der Waals surface area contributed by atoms with E-state index in [-0.39, 0.29) is 0 Å². The van der Waals surface area contributed by atoms with Crippen LogP contribution in [0.25, 0.3) is 87.4 Å². The van der Waals surface area contributed by atoms with Crippen molar-refractivity contribution in [1.82, 2.24) is 4.98 Å². The van der Waals surface area contributed by atoms with Gasteiger partial charge in [-0.3, -0.25) is 4.98 Å². The summed E-state index contributed by atoms with van der Waals surface area (Å²) in [5, 5.41) is 12.6. The van der Waals surface area contributed by atoms with Gasteiger partial charge < -0.3 is 0 Å². The Kier molecular flexibility index (Phi) is 7.00. The van der Waals surface area contributed by atoms with Crippen molar-refractivity contribution in [2.75, 3.05) is 0 Å². The normalized spacial score (nSPS) is 11.3. The molecule has 0 bridgehead atoms. The zero-order valence-corrected chi connectivity index (χ0v) is 26.0. The van der Waals surface area contributed by atoms with Crippen LogP contribution in [0.2, 0.25) is 0 Å². The van der Waals surface area contributed by atoms with E-state index in [1.165, 1.54) is 76.1 Å². The lowest BCUT2D eigenvalue weighted by Gasteiger charge is -2.17. The van der Waals surface area contributed by atoms with E-state index >= 15 is 0 Å². The van der Waals surface area contributed by atoms with Crippen molar-refractivity contribution in [3.8, 4) is 33.5 Å². The molecule has 1 heterocycles. The maximum Gasteiger partial charge on any atom is 0.0714 e. The monoisotopic (exact) mass is 587 g/mol. The van der Waals surface area contributed by atoms with Gasteiger partial charge in [-0.1, -0.05) is 159 Å². The van der Waals surface area contributed by atoms with Crippen LogP contribution in [0.1, 0.15) is 13.8 Å². The fraction of sp³-hybridized carbons (Fsp3) is 0.0444. The predicted octanol–water partition coefficient (Wildman–Crippen LogP) is 12.9. The molecule has 46 heavy (non-hydrogen) atoms. The van der Waals surface area contributed by atoms with Crippen molar-refractivity contribution in [2.45, 2.75) is 13.8 Å². The van der Waals surface area contributed by atoms with Crippen LogP contribution >= 0.6 is 0 Å². The number of aromatic nitrogens is 1. The van der Waals surface area contributed by atoms with Gasteiger partial charge in [0, 0.05) is 17.3 Å². The first kappa shape index (κ1) is 27.7. The molecule has 0 atom stereocenters. The van der Waals surface area contributed by atoms with Crippen LogP contribution in [0.3, 0.4) is 0 Å². The summed E-state index contributed by atoms with van der Waals surface area (Å²) in [6.07, 6.45) is 2.04. The minimum atomic E-state index is 0.984. The Morgan fingerprint density at radius 3 is 1.22 bits per heavy atom. The first-order chi connectivity index (χ1) is 22.8. The van der Waals surface area contributed by atoms with Gasteiger partial charge in [0.25, 0.3) is 0 Å².